The van der Waals surface area contributed by atoms with Crippen LogP contribution in [-0.2, 0) is 16.4 Å². The average molecular weight is 314 g/mol. The number of rotatable bonds is 3. The number of hydrogen-bond donors (Lipinski definition) is 1. The van der Waals surface area contributed by atoms with Crippen molar-refractivity contribution in [1.82, 2.24) is 4.72 Å². The van der Waals surface area contributed by atoms with E-state index in [1.807, 2.05) is 30.3 Å². The molecule has 0 amide bonds. The summed E-state index contributed by atoms with van der Waals surface area (Å²) in [5.41, 5.74) is 1.10. The highest BCUT2D eigenvalue weighted by molar-refractivity contribution is 7.89. The summed E-state index contributed by atoms with van der Waals surface area (Å²) in [5, 5.41) is 9.05. The smallest absolute Gasteiger partial charge is 0.242 e. The number of para-hydroxylation sites is 1. The minimum absolute atomic E-state index is 0.00337. The third-order valence-electron chi connectivity index (χ3n) is 3.50. The maximum absolute atomic E-state index is 12.5. The molecule has 0 radical (unpaired) electrons. The predicted molar refractivity (Wildman–Crippen MR) is 80.9 cm³/mol. The first-order valence-corrected chi connectivity index (χ1v) is 8.30. The van der Waals surface area contributed by atoms with Crippen molar-refractivity contribution in [2.45, 2.75) is 17.4 Å². The van der Waals surface area contributed by atoms with Crippen molar-refractivity contribution in [3.63, 3.8) is 0 Å². The Balaban J connectivity index is 1.83. The van der Waals surface area contributed by atoms with Gasteiger partial charge in [0.2, 0.25) is 10.0 Å². The van der Waals surface area contributed by atoms with E-state index < -0.39 is 10.0 Å². The van der Waals surface area contributed by atoms with Crippen LogP contribution >= 0.6 is 0 Å². The number of ether oxygens (including phenoxy) is 1. The fraction of sp³-hybridized carbons (Fsp3) is 0.188. The summed E-state index contributed by atoms with van der Waals surface area (Å²) in [4.78, 5) is -0.00337. The normalized spacial score (nSPS) is 17.1. The molecule has 0 aliphatic carbocycles. The van der Waals surface area contributed by atoms with Crippen LogP contribution in [0.3, 0.4) is 0 Å². The van der Waals surface area contributed by atoms with Crippen LogP contribution in [0.4, 0.5) is 0 Å². The molecule has 5 nitrogen and oxygen atoms in total. The maximum atomic E-state index is 12.5. The number of hydrogen-bond acceptors (Lipinski definition) is 4. The first kappa shape index (κ1) is 14.6. The second-order valence-electron chi connectivity index (χ2n) is 5.05. The van der Waals surface area contributed by atoms with Crippen molar-refractivity contribution in [3.8, 4) is 11.8 Å². The van der Waals surface area contributed by atoms with Crippen molar-refractivity contribution in [2.24, 2.45) is 0 Å². The lowest BCUT2D eigenvalue weighted by atomic mass is 10.0. The van der Waals surface area contributed by atoms with E-state index in [1.54, 1.807) is 12.1 Å². The molecule has 1 unspecified atom stereocenters. The van der Waals surface area contributed by atoms with Crippen LogP contribution < -0.4 is 9.46 Å². The molecule has 112 valence electrons. The zero-order valence-corrected chi connectivity index (χ0v) is 12.5. The van der Waals surface area contributed by atoms with Crippen molar-refractivity contribution in [1.29, 1.82) is 5.26 Å². The minimum atomic E-state index is -3.76. The Labute approximate surface area is 129 Å². The van der Waals surface area contributed by atoms with Crippen LogP contribution in [-0.4, -0.2) is 21.1 Å². The number of benzene rings is 2. The monoisotopic (exact) mass is 314 g/mol. The second-order valence-corrected chi connectivity index (χ2v) is 6.73. The molecule has 0 spiro atoms. The van der Waals surface area contributed by atoms with Gasteiger partial charge in [0.15, 0.2) is 0 Å². The molecule has 0 saturated heterocycles. The van der Waals surface area contributed by atoms with E-state index in [4.69, 9.17) is 10.00 Å². The molecule has 0 bridgehead atoms. The maximum Gasteiger partial charge on any atom is 0.242 e. The third-order valence-corrected chi connectivity index (χ3v) is 5.08. The highest BCUT2D eigenvalue weighted by Gasteiger charge is 2.26. The lowest BCUT2D eigenvalue weighted by Crippen LogP contribution is -2.42. The molecule has 1 heterocycles. The molecule has 0 saturated carbocycles. The summed E-state index contributed by atoms with van der Waals surface area (Å²) in [7, 11) is -3.76. The standard InChI is InChI=1S/C16H14N2O3S/c17-10-13-6-2-4-8-16(13)22(19,20)18-14-9-12-5-1-3-7-15(12)21-11-14/h1-8,14,18H,9,11H2. The first-order chi connectivity index (χ1) is 10.6. The SMILES string of the molecule is N#Cc1ccccc1S(=O)(=O)NC1COc2ccccc2C1. The highest BCUT2D eigenvalue weighted by Crippen LogP contribution is 2.25. The van der Waals surface area contributed by atoms with Gasteiger partial charge in [-0.05, 0) is 30.2 Å². The van der Waals surface area contributed by atoms with E-state index in [-0.39, 0.29) is 23.1 Å². The van der Waals surface area contributed by atoms with Gasteiger partial charge < -0.3 is 4.74 Å². The van der Waals surface area contributed by atoms with Gasteiger partial charge in [-0.1, -0.05) is 30.3 Å². The van der Waals surface area contributed by atoms with E-state index in [9.17, 15) is 8.42 Å². The zero-order valence-electron chi connectivity index (χ0n) is 11.7. The Hall–Kier alpha value is -2.36. The quantitative estimate of drug-likeness (QED) is 0.937. The Morgan fingerprint density at radius 3 is 2.68 bits per heavy atom. The van der Waals surface area contributed by atoms with Gasteiger partial charge in [-0.25, -0.2) is 13.1 Å². The Bertz CT molecular complexity index is 840. The van der Waals surface area contributed by atoms with E-state index in [0.29, 0.717) is 6.42 Å². The van der Waals surface area contributed by atoms with Gasteiger partial charge in [0, 0.05) is 0 Å². The summed E-state index contributed by atoms with van der Waals surface area (Å²) in [5.74, 6) is 0.787. The van der Waals surface area contributed by atoms with Gasteiger partial charge in [0.1, 0.15) is 18.4 Å². The molecule has 1 aliphatic heterocycles. The van der Waals surface area contributed by atoms with Crippen molar-refractivity contribution in [2.75, 3.05) is 6.61 Å². The fourth-order valence-electron chi connectivity index (χ4n) is 2.48. The zero-order chi connectivity index (χ0) is 15.6. The van der Waals surface area contributed by atoms with Crippen molar-refractivity contribution >= 4 is 10.0 Å². The molecule has 0 fully saturated rings. The highest BCUT2D eigenvalue weighted by atomic mass is 32.2. The molecule has 1 atom stereocenters. The molecule has 2 aromatic carbocycles. The van der Waals surface area contributed by atoms with Crippen LogP contribution in [0, 0.1) is 11.3 Å². The van der Waals surface area contributed by atoms with Crippen LogP contribution in [0.25, 0.3) is 0 Å². The molecular weight excluding hydrogens is 300 g/mol. The minimum Gasteiger partial charge on any atom is -0.492 e. The number of sulfonamides is 1. The van der Waals surface area contributed by atoms with Crippen molar-refractivity contribution < 1.29 is 13.2 Å². The Kier molecular flexibility index (Phi) is 3.84. The second kappa shape index (κ2) is 5.79. The molecule has 2 aromatic rings. The number of nitrogens with zero attached hydrogens (tertiary/aromatic N) is 1. The Morgan fingerprint density at radius 2 is 1.86 bits per heavy atom. The van der Waals surface area contributed by atoms with Crippen molar-refractivity contribution in [3.05, 3.63) is 59.7 Å². The van der Waals surface area contributed by atoms with Gasteiger partial charge in [0.25, 0.3) is 0 Å². The lowest BCUT2D eigenvalue weighted by molar-refractivity contribution is 0.254. The van der Waals surface area contributed by atoms with Crippen LogP contribution in [0.5, 0.6) is 5.75 Å². The Morgan fingerprint density at radius 1 is 1.14 bits per heavy atom. The number of fused-ring (bicyclic) bond motifs is 1. The molecule has 1 N–H and O–H groups in total. The van der Waals surface area contributed by atoms with Gasteiger partial charge in [-0.15, -0.1) is 0 Å². The van der Waals surface area contributed by atoms with Gasteiger partial charge in [-0.2, -0.15) is 5.26 Å². The first-order valence-electron chi connectivity index (χ1n) is 6.82. The summed E-state index contributed by atoms with van der Waals surface area (Å²) in [6, 6.07) is 15.3. The number of nitriles is 1. The number of nitrogens with one attached hydrogen (secondary N) is 1. The molecule has 0 aromatic heterocycles. The van der Waals surface area contributed by atoms with E-state index >= 15 is 0 Å². The van der Waals surface area contributed by atoms with Gasteiger partial charge in [-0.3, -0.25) is 0 Å². The third kappa shape index (κ3) is 2.82. The lowest BCUT2D eigenvalue weighted by Gasteiger charge is -2.26. The molecule has 6 heteroatoms. The van der Waals surface area contributed by atoms with E-state index in [0.717, 1.165) is 11.3 Å². The van der Waals surface area contributed by atoms with Crippen LogP contribution in [0.15, 0.2) is 53.4 Å². The largest absolute Gasteiger partial charge is 0.492 e. The van der Waals surface area contributed by atoms with Crippen LogP contribution in [0.1, 0.15) is 11.1 Å². The summed E-state index contributed by atoms with van der Waals surface area (Å²) < 4.78 is 33.2. The van der Waals surface area contributed by atoms with Gasteiger partial charge >= 0.3 is 0 Å². The fourth-order valence-corrected chi connectivity index (χ4v) is 3.86. The van der Waals surface area contributed by atoms with E-state index in [1.165, 1.54) is 12.1 Å². The van der Waals surface area contributed by atoms with Crippen LogP contribution in [0.2, 0.25) is 0 Å². The summed E-state index contributed by atoms with van der Waals surface area (Å²) >= 11 is 0. The van der Waals surface area contributed by atoms with E-state index in [2.05, 4.69) is 4.72 Å². The van der Waals surface area contributed by atoms with Gasteiger partial charge in [0.05, 0.1) is 16.5 Å². The predicted octanol–water partition coefficient (Wildman–Crippen LogP) is 1.84. The molecule has 1 aliphatic rings. The molecule has 22 heavy (non-hydrogen) atoms. The molecular formula is C16H14N2O3S. The topological polar surface area (TPSA) is 79.2 Å². The summed E-state index contributed by atoms with van der Waals surface area (Å²) in [6.45, 7) is 0.269. The average Bonchev–Trinajstić information content (AvgIpc) is 2.54. The summed E-state index contributed by atoms with van der Waals surface area (Å²) in [6.07, 6.45) is 0.560. The molecule has 3 rings (SSSR count).